The highest BCUT2D eigenvalue weighted by Crippen LogP contribution is 2.25. The van der Waals surface area contributed by atoms with E-state index in [9.17, 15) is 9.59 Å². The zero-order valence-electron chi connectivity index (χ0n) is 17.3. The van der Waals surface area contributed by atoms with Crippen LogP contribution in [0.1, 0.15) is 22.8 Å². The van der Waals surface area contributed by atoms with E-state index in [0.29, 0.717) is 22.6 Å². The van der Waals surface area contributed by atoms with Crippen LogP contribution in [-0.4, -0.2) is 21.6 Å². The molecule has 0 bridgehead atoms. The second-order valence-corrected chi connectivity index (χ2v) is 7.25. The van der Waals surface area contributed by atoms with Crippen LogP contribution in [-0.2, 0) is 4.79 Å². The molecule has 0 fully saturated rings. The third-order valence-electron chi connectivity index (χ3n) is 4.77. The predicted molar refractivity (Wildman–Crippen MR) is 122 cm³/mol. The van der Waals surface area contributed by atoms with Crippen LogP contribution in [0, 0.1) is 6.92 Å². The molecule has 31 heavy (non-hydrogen) atoms. The first-order chi connectivity index (χ1) is 15.0. The number of aryl methyl sites for hydroxylation is 1. The number of amides is 2. The molecule has 6 heteroatoms. The molecule has 0 aliphatic carbocycles. The third kappa shape index (κ3) is 4.70. The molecule has 4 rings (SSSR count). The number of nitrogens with zero attached hydrogens (tertiary/aromatic N) is 2. The van der Waals surface area contributed by atoms with Gasteiger partial charge >= 0.3 is 0 Å². The van der Waals surface area contributed by atoms with Gasteiger partial charge in [-0.3, -0.25) is 9.59 Å². The number of carbonyl (C=O) groups is 2. The minimum absolute atomic E-state index is 0.146. The largest absolute Gasteiger partial charge is 0.326 e. The van der Waals surface area contributed by atoms with Gasteiger partial charge in [0.1, 0.15) is 5.69 Å². The van der Waals surface area contributed by atoms with E-state index in [-0.39, 0.29) is 11.8 Å². The molecule has 1 heterocycles. The monoisotopic (exact) mass is 410 g/mol. The molecule has 6 nitrogen and oxygen atoms in total. The molecule has 4 aromatic rings. The van der Waals surface area contributed by atoms with E-state index in [2.05, 4.69) is 10.6 Å². The molecular formula is C25H22N4O2. The number of rotatable bonds is 5. The molecule has 0 atom stereocenters. The first-order valence-corrected chi connectivity index (χ1v) is 9.91. The van der Waals surface area contributed by atoms with Gasteiger partial charge in [0.25, 0.3) is 5.91 Å². The van der Waals surface area contributed by atoms with Gasteiger partial charge in [-0.25, -0.2) is 4.68 Å². The first kappa shape index (κ1) is 20.1. The van der Waals surface area contributed by atoms with Gasteiger partial charge in [0.2, 0.25) is 5.91 Å². The lowest BCUT2D eigenvalue weighted by atomic mass is 10.1. The Labute approximate surface area is 180 Å². The molecule has 1 aromatic heterocycles. The van der Waals surface area contributed by atoms with Gasteiger partial charge in [0.15, 0.2) is 0 Å². The summed E-state index contributed by atoms with van der Waals surface area (Å²) in [5.74, 6) is -0.405. The average Bonchev–Trinajstić information content (AvgIpc) is 3.21. The van der Waals surface area contributed by atoms with Crippen molar-refractivity contribution in [1.82, 2.24) is 9.78 Å². The fourth-order valence-electron chi connectivity index (χ4n) is 3.22. The summed E-state index contributed by atoms with van der Waals surface area (Å²) in [6.45, 7) is 3.48. The van der Waals surface area contributed by atoms with Crippen LogP contribution >= 0.6 is 0 Å². The summed E-state index contributed by atoms with van der Waals surface area (Å²) in [6, 6.07) is 24.6. The molecule has 2 N–H and O–H groups in total. The molecule has 0 aliphatic heterocycles. The van der Waals surface area contributed by atoms with Gasteiger partial charge in [-0.1, -0.05) is 48.0 Å². The van der Waals surface area contributed by atoms with Crippen LogP contribution < -0.4 is 10.6 Å². The van der Waals surface area contributed by atoms with E-state index in [1.807, 2.05) is 61.5 Å². The smallest absolute Gasteiger partial charge is 0.259 e. The quantitative estimate of drug-likeness (QED) is 0.483. The van der Waals surface area contributed by atoms with E-state index in [1.165, 1.54) is 6.92 Å². The molecule has 0 saturated heterocycles. The molecular weight excluding hydrogens is 388 g/mol. The van der Waals surface area contributed by atoms with Crippen molar-refractivity contribution in [2.75, 3.05) is 10.6 Å². The standard InChI is InChI=1S/C25H22N4O2/c1-17-8-14-22(15-9-17)29-16-23(24(28-29)19-6-4-3-5-7-19)25(31)27-21-12-10-20(11-13-21)26-18(2)30/h3-16H,1-2H3,(H,26,30)(H,27,31). The van der Waals surface area contributed by atoms with Crippen molar-refractivity contribution >= 4 is 23.2 Å². The molecule has 0 saturated carbocycles. The zero-order chi connectivity index (χ0) is 21.8. The maximum atomic E-state index is 13.1. The van der Waals surface area contributed by atoms with Crippen molar-refractivity contribution in [3.63, 3.8) is 0 Å². The minimum atomic E-state index is -0.260. The summed E-state index contributed by atoms with van der Waals surface area (Å²) < 4.78 is 1.72. The number of hydrogen-bond donors (Lipinski definition) is 2. The maximum absolute atomic E-state index is 13.1. The summed E-state index contributed by atoms with van der Waals surface area (Å²) in [5, 5.41) is 10.3. The Balaban J connectivity index is 1.66. The lowest BCUT2D eigenvalue weighted by Gasteiger charge is -2.07. The van der Waals surface area contributed by atoms with E-state index in [4.69, 9.17) is 5.10 Å². The van der Waals surface area contributed by atoms with E-state index < -0.39 is 0 Å². The molecule has 0 aliphatic rings. The number of carbonyl (C=O) groups excluding carboxylic acids is 2. The van der Waals surface area contributed by atoms with Crippen molar-refractivity contribution in [2.24, 2.45) is 0 Å². The molecule has 154 valence electrons. The van der Waals surface area contributed by atoms with Gasteiger partial charge in [-0.2, -0.15) is 5.10 Å². The molecule has 0 unspecified atom stereocenters. The predicted octanol–water partition coefficient (Wildman–Crippen LogP) is 5.06. The van der Waals surface area contributed by atoms with Crippen molar-refractivity contribution in [1.29, 1.82) is 0 Å². The van der Waals surface area contributed by atoms with Crippen LogP contribution in [0.25, 0.3) is 16.9 Å². The fraction of sp³-hybridized carbons (Fsp3) is 0.0800. The molecule has 2 amide bonds. The van der Waals surface area contributed by atoms with Crippen LogP contribution in [0.3, 0.4) is 0 Å². The zero-order valence-corrected chi connectivity index (χ0v) is 17.3. The Bertz CT molecular complexity index is 1210. The molecule has 0 spiro atoms. The number of aromatic nitrogens is 2. The highest BCUT2D eigenvalue weighted by Gasteiger charge is 2.19. The Kier molecular flexibility index (Phi) is 5.62. The van der Waals surface area contributed by atoms with Gasteiger partial charge in [-0.15, -0.1) is 0 Å². The average molecular weight is 410 g/mol. The lowest BCUT2D eigenvalue weighted by Crippen LogP contribution is -2.12. The lowest BCUT2D eigenvalue weighted by molar-refractivity contribution is -0.114. The maximum Gasteiger partial charge on any atom is 0.259 e. The van der Waals surface area contributed by atoms with E-state index in [1.54, 1.807) is 35.1 Å². The second kappa shape index (κ2) is 8.67. The van der Waals surface area contributed by atoms with Gasteiger partial charge in [0.05, 0.1) is 11.3 Å². The number of anilines is 2. The topological polar surface area (TPSA) is 76.0 Å². The number of benzene rings is 3. The summed E-state index contributed by atoms with van der Waals surface area (Å²) in [5.41, 5.74) is 5.26. The van der Waals surface area contributed by atoms with Crippen LogP contribution in [0.2, 0.25) is 0 Å². The van der Waals surface area contributed by atoms with Crippen LogP contribution in [0.4, 0.5) is 11.4 Å². The Morgan fingerprint density at radius 1 is 0.806 bits per heavy atom. The number of hydrogen-bond acceptors (Lipinski definition) is 3. The summed E-state index contributed by atoms with van der Waals surface area (Å²) in [4.78, 5) is 24.3. The Morgan fingerprint density at radius 3 is 2.03 bits per heavy atom. The van der Waals surface area contributed by atoms with Crippen molar-refractivity contribution in [2.45, 2.75) is 13.8 Å². The Morgan fingerprint density at radius 2 is 1.42 bits per heavy atom. The normalized spacial score (nSPS) is 10.5. The SMILES string of the molecule is CC(=O)Nc1ccc(NC(=O)c2cn(-c3ccc(C)cc3)nc2-c2ccccc2)cc1. The Hall–Kier alpha value is -4.19. The van der Waals surface area contributed by atoms with Gasteiger partial charge < -0.3 is 10.6 Å². The second-order valence-electron chi connectivity index (χ2n) is 7.25. The number of nitrogens with one attached hydrogen (secondary N) is 2. The molecule has 3 aromatic carbocycles. The third-order valence-corrected chi connectivity index (χ3v) is 4.77. The summed E-state index contributed by atoms with van der Waals surface area (Å²) in [6.07, 6.45) is 1.74. The van der Waals surface area contributed by atoms with Gasteiger partial charge in [-0.05, 0) is 43.3 Å². The summed E-state index contributed by atoms with van der Waals surface area (Å²) >= 11 is 0. The first-order valence-electron chi connectivity index (χ1n) is 9.91. The van der Waals surface area contributed by atoms with Crippen molar-refractivity contribution in [3.05, 3.63) is 96.2 Å². The molecule has 0 radical (unpaired) electrons. The van der Waals surface area contributed by atoms with E-state index in [0.717, 1.165) is 16.8 Å². The van der Waals surface area contributed by atoms with Gasteiger partial charge in [0, 0.05) is 30.1 Å². The van der Waals surface area contributed by atoms with Crippen LogP contribution in [0.5, 0.6) is 0 Å². The summed E-state index contributed by atoms with van der Waals surface area (Å²) in [7, 11) is 0. The highest BCUT2D eigenvalue weighted by molar-refractivity contribution is 6.08. The van der Waals surface area contributed by atoms with Crippen LogP contribution in [0.15, 0.2) is 85.1 Å². The highest BCUT2D eigenvalue weighted by atomic mass is 16.2. The minimum Gasteiger partial charge on any atom is -0.326 e. The van der Waals surface area contributed by atoms with E-state index >= 15 is 0 Å². The van der Waals surface area contributed by atoms with Crippen molar-refractivity contribution < 1.29 is 9.59 Å². The van der Waals surface area contributed by atoms with Crippen molar-refractivity contribution in [3.8, 4) is 16.9 Å². The fourth-order valence-corrected chi connectivity index (χ4v) is 3.22.